The highest BCUT2D eigenvalue weighted by molar-refractivity contribution is 9.10. The maximum absolute atomic E-state index is 14.3. The Kier molecular flexibility index (Phi) is 5.01. The molecule has 3 aliphatic rings. The predicted molar refractivity (Wildman–Crippen MR) is 114 cm³/mol. The Morgan fingerprint density at radius 3 is 2.54 bits per heavy atom. The summed E-state index contributed by atoms with van der Waals surface area (Å²) in [5.41, 5.74) is 0.546. The second-order valence-corrected chi connectivity index (χ2v) is 13.2. The summed E-state index contributed by atoms with van der Waals surface area (Å²) in [7, 11) is -3.27. The van der Waals surface area contributed by atoms with Gasteiger partial charge >= 0.3 is 0 Å². The number of nitrogens with zero attached hydrogens (tertiary/aromatic N) is 2. The van der Waals surface area contributed by atoms with Gasteiger partial charge in [0.05, 0.1) is 6.04 Å². The molecule has 0 aromatic heterocycles. The maximum Gasteiger partial charge on any atom is 0.196 e. The van der Waals surface area contributed by atoms with Gasteiger partial charge in [-0.1, -0.05) is 48.8 Å². The lowest BCUT2D eigenvalue weighted by Gasteiger charge is -2.43. The molecular weight excluding hydrogens is 435 g/mol. The Hall–Kier alpha value is -0.500. The van der Waals surface area contributed by atoms with E-state index in [4.69, 9.17) is 4.52 Å². The monoisotopic (exact) mass is 464 g/mol. The van der Waals surface area contributed by atoms with Crippen molar-refractivity contribution in [3.63, 3.8) is 0 Å². The first kappa shape index (κ1) is 20.8. The number of rotatable bonds is 4. The molecule has 28 heavy (non-hydrogen) atoms. The average Bonchev–Trinajstić information content (AvgIpc) is 3.12. The molecule has 152 valence electrons. The van der Waals surface area contributed by atoms with Crippen LogP contribution in [0.2, 0.25) is 0 Å². The lowest BCUT2D eigenvalue weighted by atomic mass is 9.70. The fourth-order valence-electron chi connectivity index (χ4n) is 6.14. The van der Waals surface area contributed by atoms with Crippen LogP contribution in [-0.2, 0) is 10.9 Å². The van der Waals surface area contributed by atoms with Crippen LogP contribution >= 0.6 is 23.8 Å². The minimum absolute atomic E-state index is 0.0131. The van der Waals surface area contributed by atoms with Gasteiger partial charge in [0.1, 0.15) is 12.2 Å². The molecule has 2 aliphatic carbocycles. The van der Waals surface area contributed by atoms with Crippen molar-refractivity contribution in [2.45, 2.75) is 77.7 Å². The second kappa shape index (κ2) is 6.76. The van der Waals surface area contributed by atoms with Crippen LogP contribution in [0.3, 0.4) is 0 Å². The summed E-state index contributed by atoms with van der Waals surface area (Å²) in [6, 6.07) is 10.5. The molecule has 1 saturated heterocycles. The molecule has 1 aliphatic heterocycles. The maximum atomic E-state index is 14.3. The zero-order valence-electron chi connectivity index (χ0n) is 17.4. The van der Waals surface area contributed by atoms with Gasteiger partial charge in [-0.25, -0.2) is 4.52 Å². The first-order chi connectivity index (χ1) is 13.1. The molecule has 1 aromatic rings. The van der Waals surface area contributed by atoms with E-state index in [0.717, 1.165) is 22.9 Å². The molecular formula is C22H30BrN2O2P. The molecule has 6 heteroatoms. The Bertz CT molecular complexity index is 808. The summed E-state index contributed by atoms with van der Waals surface area (Å²) in [6.07, 6.45) is 2.67. The van der Waals surface area contributed by atoms with Crippen LogP contribution in [0.25, 0.3) is 0 Å². The van der Waals surface area contributed by atoms with Crippen LogP contribution < -0.4 is 4.89 Å². The highest BCUT2D eigenvalue weighted by atomic mass is 79.9. The first-order valence-electron chi connectivity index (χ1n) is 10.3. The van der Waals surface area contributed by atoms with Gasteiger partial charge in [0.2, 0.25) is 0 Å². The highest BCUT2D eigenvalue weighted by Gasteiger charge is 2.76. The van der Waals surface area contributed by atoms with Gasteiger partial charge in [0, 0.05) is 22.4 Å². The van der Waals surface area contributed by atoms with E-state index >= 15 is 0 Å². The summed E-state index contributed by atoms with van der Waals surface area (Å²) >= 11 is 3.45. The third-order valence-corrected chi connectivity index (χ3v) is 11.5. The van der Waals surface area contributed by atoms with Crippen molar-refractivity contribution in [2.75, 3.05) is 0 Å². The summed E-state index contributed by atoms with van der Waals surface area (Å²) < 4.78 is 9.64. The molecule has 4 rings (SSSR count). The van der Waals surface area contributed by atoms with Gasteiger partial charge < -0.3 is 4.89 Å². The molecule has 0 amide bonds. The molecule has 0 radical (unpaired) electrons. The van der Waals surface area contributed by atoms with Gasteiger partial charge in [0.15, 0.2) is 13.5 Å². The van der Waals surface area contributed by atoms with Crippen molar-refractivity contribution in [1.82, 2.24) is 4.67 Å². The van der Waals surface area contributed by atoms with Gasteiger partial charge in [-0.3, -0.25) is 0 Å². The fourth-order valence-corrected chi connectivity index (χ4v) is 9.55. The normalized spacial score (nSPS) is 39.9. The Morgan fingerprint density at radius 2 is 1.96 bits per heavy atom. The summed E-state index contributed by atoms with van der Waals surface area (Å²) in [6.45, 7) is 11.2. The standard InChI is InChI=1S/C22H30BrN2O2P/c1-14(2)25-19-18-10-11-22(5,21(18,3)4)20(19)27-28(25,26)17(13-24)12-15-6-8-16(23)9-7-15/h6-9,14,17-20H,10-12H2,1-5H3/t17-,18?,19?,20?,22?,28?/m0/s1. The van der Waals surface area contributed by atoms with E-state index in [-0.39, 0.29) is 29.0 Å². The number of benzene rings is 1. The number of nitriles is 1. The van der Waals surface area contributed by atoms with E-state index in [2.05, 4.69) is 61.3 Å². The van der Waals surface area contributed by atoms with Gasteiger partial charge in [0.25, 0.3) is 0 Å². The SMILES string of the molecule is CC(C)N1C2C3CCC(C)(C2O[P+]1([O-])[C@H](C#N)Cc1ccc(Br)cc1)C3(C)C. The van der Waals surface area contributed by atoms with E-state index in [1.807, 2.05) is 24.3 Å². The van der Waals surface area contributed by atoms with Gasteiger partial charge in [-0.15, -0.1) is 4.67 Å². The second-order valence-electron chi connectivity index (χ2n) is 9.81. The summed E-state index contributed by atoms with van der Waals surface area (Å²) in [5, 5.41) is 10.0. The van der Waals surface area contributed by atoms with Crippen molar-refractivity contribution in [1.29, 1.82) is 5.26 Å². The lowest BCUT2D eigenvalue weighted by Crippen LogP contribution is -2.47. The first-order valence-corrected chi connectivity index (χ1v) is 12.7. The minimum atomic E-state index is -3.27. The Morgan fingerprint density at radius 1 is 1.32 bits per heavy atom. The number of halogens is 1. The molecule has 6 atom stereocenters. The van der Waals surface area contributed by atoms with Gasteiger partial charge in [-0.05, 0) is 55.7 Å². The van der Waals surface area contributed by atoms with E-state index in [0.29, 0.717) is 12.3 Å². The number of fused-ring (bicyclic) bond motifs is 5. The van der Waals surface area contributed by atoms with Crippen LogP contribution in [0.15, 0.2) is 28.7 Å². The van der Waals surface area contributed by atoms with Crippen LogP contribution in [0.4, 0.5) is 0 Å². The molecule has 2 bridgehead atoms. The molecule has 4 nitrogen and oxygen atoms in total. The average molecular weight is 465 g/mol. The fraction of sp³-hybridized carbons (Fsp3) is 0.682. The van der Waals surface area contributed by atoms with E-state index in [9.17, 15) is 10.2 Å². The van der Waals surface area contributed by atoms with Gasteiger partial charge in [-0.2, -0.15) is 5.26 Å². The van der Waals surface area contributed by atoms with E-state index in [1.54, 1.807) is 0 Å². The Balaban J connectivity index is 1.70. The molecule has 1 heterocycles. The van der Waals surface area contributed by atoms with Crippen LogP contribution in [0.5, 0.6) is 0 Å². The molecule has 0 spiro atoms. The quantitative estimate of drug-likeness (QED) is 0.591. The topological polar surface area (TPSA) is 59.3 Å². The molecule has 5 unspecified atom stereocenters. The number of hydrogen-bond donors (Lipinski definition) is 0. The van der Waals surface area contributed by atoms with Crippen LogP contribution in [-0.4, -0.2) is 28.5 Å². The molecule has 1 aromatic carbocycles. The van der Waals surface area contributed by atoms with E-state index < -0.39 is 13.5 Å². The van der Waals surface area contributed by atoms with Crippen molar-refractivity contribution < 1.29 is 9.42 Å². The zero-order chi connectivity index (χ0) is 20.5. The van der Waals surface area contributed by atoms with Crippen LogP contribution in [0, 0.1) is 28.1 Å². The zero-order valence-corrected chi connectivity index (χ0v) is 19.8. The molecule has 3 fully saturated rings. The lowest BCUT2D eigenvalue weighted by molar-refractivity contribution is -0.207. The van der Waals surface area contributed by atoms with Crippen molar-refractivity contribution in [2.24, 2.45) is 16.7 Å². The van der Waals surface area contributed by atoms with Crippen molar-refractivity contribution >= 4 is 23.8 Å². The van der Waals surface area contributed by atoms with Crippen molar-refractivity contribution in [3.05, 3.63) is 34.3 Å². The third kappa shape index (κ3) is 2.69. The minimum Gasteiger partial charge on any atom is -0.640 e. The largest absolute Gasteiger partial charge is 0.640 e. The van der Waals surface area contributed by atoms with Crippen molar-refractivity contribution in [3.8, 4) is 6.07 Å². The third-order valence-electron chi connectivity index (χ3n) is 8.03. The summed E-state index contributed by atoms with van der Waals surface area (Å²) in [5.74, 6) is 0.466. The smallest absolute Gasteiger partial charge is 0.196 e. The Labute approximate surface area is 177 Å². The predicted octanol–water partition coefficient (Wildman–Crippen LogP) is 4.94. The van der Waals surface area contributed by atoms with Crippen LogP contribution in [0.1, 0.15) is 53.0 Å². The summed E-state index contributed by atoms with van der Waals surface area (Å²) in [4.78, 5) is 14.3. The molecule has 2 saturated carbocycles. The highest BCUT2D eigenvalue weighted by Crippen LogP contribution is 2.79. The number of hydrogen-bond acceptors (Lipinski definition) is 4. The molecule has 0 N–H and O–H groups in total. The van der Waals surface area contributed by atoms with E-state index in [1.165, 1.54) is 0 Å².